The van der Waals surface area contributed by atoms with E-state index in [4.69, 9.17) is 9.47 Å². The number of epoxide rings is 1. The molecule has 1 aliphatic heterocycles. The average Bonchev–Trinajstić information content (AvgIpc) is 3.10. The van der Waals surface area contributed by atoms with Crippen LogP contribution in [0.1, 0.15) is 12.5 Å². The molecule has 2 atom stereocenters. The highest BCUT2D eigenvalue weighted by atomic mass is 16.6. The summed E-state index contributed by atoms with van der Waals surface area (Å²) in [6.07, 6.45) is 3.35. The Hall–Kier alpha value is -1.52. The highest BCUT2D eigenvalue weighted by Gasteiger charge is 2.23. The number of aromatic amines is 1. The third-order valence-corrected chi connectivity index (χ3v) is 3.15. The fourth-order valence-electron chi connectivity index (χ4n) is 2.15. The summed E-state index contributed by atoms with van der Waals surface area (Å²) in [4.78, 5) is 3.29. The minimum Gasteiger partial charge on any atom is -0.491 e. The van der Waals surface area contributed by atoms with E-state index in [0.717, 1.165) is 24.3 Å². The van der Waals surface area contributed by atoms with E-state index in [1.807, 2.05) is 6.07 Å². The maximum Gasteiger partial charge on any atom is 0.120 e. The van der Waals surface area contributed by atoms with Crippen LogP contribution in [-0.4, -0.2) is 30.3 Å². The average molecular weight is 247 g/mol. The van der Waals surface area contributed by atoms with Gasteiger partial charge in [-0.05, 0) is 30.7 Å². The molecule has 1 aliphatic rings. The predicted molar refractivity (Wildman–Crippen MR) is 69.6 cm³/mol. The smallest absolute Gasteiger partial charge is 0.120 e. The molecule has 1 aromatic carbocycles. The van der Waals surface area contributed by atoms with Crippen molar-refractivity contribution < 1.29 is 15.2 Å². The molecular weight excluding hydrogens is 228 g/mol. The monoisotopic (exact) mass is 247 g/mol. The van der Waals surface area contributed by atoms with E-state index < -0.39 is 0 Å². The van der Waals surface area contributed by atoms with Crippen LogP contribution in [0.15, 0.2) is 24.4 Å². The molecule has 0 bridgehead atoms. The van der Waals surface area contributed by atoms with Gasteiger partial charge in [-0.3, -0.25) is 0 Å². The minimum absolute atomic E-state index is 0.297. The number of hydrogen-bond acceptors (Lipinski definition) is 2. The molecule has 2 heterocycles. The van der Waals surface area contributed by atoms with Crippen LogP contribution in [-0.2, 0) is 11.2 Å². The van der Waals surface area contributed by atoms with Gasteiger partial charge in [0.1, 0.15) is 18.5 Å². The van der Waals surface area contributed by atoms with Crippen molar-refractivity contribution in [1.29, 1.82) is 0 Å². The number of aromatic nitrogens is 1. The summed E-state index contributed by atoms with van der Waals surface area (Å²) >= 11 is 0. The fourth-order valence-corrected chi connectivity index (χ4v) is 2.15. The molecule has 0 saturated carbocycles. The van der Waals surface area contributed by atoms with Gasteiger partial charge >= 0.3 is 0 Å². The lowest BCUT2D eigenvalue weighted by Crippen LogP contribution is -2.60. The Morgan fingerprint density at radius 1 is 1.56 bits per heavy atom. The van der Waals surface area contributed by atoms with E-state index >= 15 is 0 Å². The number of hydrogen-bond donors (Lipinski definition) is 2. The van der Waals surface area contributed by atoms with Gasteiger partial charge in [-0.15, -0.1) is 0 Å². The zero-order valence-corrected chi connectivity index (χ0v) is 10.6. The summed E-state index contributed by atoms with van der Waals surface area (Å²) in [5, 5.41) is 1.24. The number of nitrogens with one attached hydrogen (secondary N) is 1. The lowest BCUT2D eigenvalue weighted by Gasteiger charge is -2.05. The van der Waals surface area contributed by atoms with Crippen LogP contribution in [0.2, 0.25) is 0 Å². The predicted octanol–water partition coefficient (Wildman–Crippen LogP) is 1.12. The number of fused-ring (bicyclic) bond motifs is 1. The molecule has 1 fully saturated rings. The van der Waals surface area contributed by atoms with E-state index in [1.54, 1.807) is 0 Å². The second kappa shape index (κ2) is 4.63. The topological polar surface area (TPSA) is 65.2 Å². The van der Waals surface area contributed by atoms with Gasteiger partial charge in [0.05, 0.1) is 12.6 Å². The summed E-state index contributed by atoms with van der Waals surface area (Å²) in [6.45, 7) is 3.61. The molecule has 3 rings (SSSR count). The van der Waals surface area contributed by atoms with Gasteiger partial charge < -0.3 is 20.2 Å². The summed E-state index contributed by atoms with van der Waals surface area (Å²) in [6, 6.07) is 6.58. The highest BCUT2D eigenvalue weighted by molar-refractivity contribution is 5.84. The van der Waals surface area contributed by atoms with Crippen LogP contribution in [0.5, 0.6) is 5.75 Å². The number of ether oxygens (including phenoxy) is 2. The third kappa shape index (κ3) is 2.49. The van der Waals surface area contributed by atoms with E-state index in [2.05, 4.69) is 36.0 Å². The first-order chi connectivity index (χ1) is 8.72. The van der Waals surface area contributed by atoms with Gasteiger partial charge in [-0.2, -0.15) is 0 Å². The largest absolute Gasteiger partial charge is 0.491 e. The maximum atomic E-state index is 5.71. The minimum atomic E-state index is 0.297. The van der Waals surface area contributed by atoms with Crippen LogP contribution in [0.3, 0.4) is 0 Å². The number of quaternary nitrogens is 1. The summed E-state index contributed by atoms with van der Waals surface area (Å²) in [7, 11) is 0. The molecule has 0 radical (unpaired) electrons. The van der Waals surface area contributed by atoms with Crippen molar-refractivity contribution in [2.45, 2.75) is 25.5 Å². The van der Waals surface area contributed by atoms with Gasteiger partial charge in [0.2, 0.25) is 0 Å². The molecule has 4 N–H and O–H groups in total. The Labute approximate surface area is 106 Å². The van der Waals surface area contributed by atoms with Crippen molar-refractivity contribution in [3.63, 3.8) is 0 Å². The third-order valence-electron chi connectivity index (χ3n) is 3.15. The normalized spacial score (nSPS) is 20.0. The molecule has 0 spiro atoms. The van der Waals surface area contributed by atoms with Crippen LogP contribution in [0.25, 0.3) is 10.9 Å². The second-order valence-corrected chi connectivity index (χ2v) is 5.10. The molecule has 0 amide bonds. The van der Waals surface area contributed by atoms with Crippen LogP contribution < -0.4 is 10.5 Å². The Morgan fingerprint density at radius 2 is 2.39 bits per heavy atom. The van der Waals surface area contributed by atoms with E-state index in [1.165, 1.54) is 10.9 Å². The van der Waals surface area contributed by atoms with Crippen molar-refractivity contribution in [2.24, 2.45) is 0 Å². The van der Waals surface area contributed by atoms with Gasteiger partial charge in [0.15, 0.2) is 0 Å². The van der Waals surface area contributed by atoms with Crippen LogP contribution in [0.4, 0.5) is 0 Å². The quantitative estimate of drug-likeness (QED) is 0.778. The molecule has 4 nitrogen and oxygen atoms in total. The van der Waals surface area contributed by atoms with Crippen molar-refractivity contribution in [3.05, 3.63) is 30.0 Å². The van der Waals surface area contributed by atoms with Crippen molar-refractivity contribution in [2.75, 3.05) is 13.2 Å². The Bertz CT molecular complexity index is 544. The first-order valence-electron chi connectivity index (χ1n) is 6.40. The molecule has 0 aliphatic carbocycles. The van der Waals surface area contributed by atoms with Crippen molar-refractivity contribution >= 4 is 10.9 Å². The fraction of sp³-hybridized carbons (Fsp3) is 0.429. The van der Waals surface area contributed by atoms with Crippen LogP contribution >= 0.6 is 0 Å². The molecule has 96 valence electrons. The summed E-state index contributed by atoms with van der Waals surface area (Å²) in [5.41, 5.74) is 6.51. The van der Waals surface area contributed by atoms with Gasteiger partial charge in [0, 0.05) is 23.5 Å². The summed E-state index contributed by atoms with van der Waals surface area (Å²) in [5.74, 6) is 0.913. The molecule has 1 aromatic heterocycles. The Balaban J connectivity index is 1.83. The molecule has 18 heavy (non-hydrogen) atoms. The van der Waals surface area contributed by atoms with E-state index in [0.29, 0.717) is 18.8 Å². The molecule has 4 heteroatoms. The molecule has 1 unspecified atom stereocenters. The number of rotatable bonds is 5. The summed E-state index contributed by atoms with van der Waals surface area (Å²) < 4.78 is 10.9. The first kappa shape index (κ1) is 11.6. The maximum absolute atomic E-state index is 5.71. The zero-order valence-electron chi connectivity index (χ0n) is 10.6. The Morgan fingerprint density at radius 3 is 3.11 bits per heavy atom. The highest BCUT2D eigenvalue weighted by Crippen LogP contribution is 2.25. The van der Waals surface area contributed by atoms with E-state index in [-0.39, 0.29) is 0 Å². The van der Waals surface area contributed by atoms with Gasteiger partial charge in [0.25, 0.3) is 0 Å². The number of H-pyrrole nitrogens is 1. The lowest BCUT2D eigenvalue weighted by atomic mass is 10.1. The van der Waals surface area contributed by atoms with Crippen LogP contribution in [0, 0.1) is 0 Å². The van der Waals surface area contributed by atoms with Gasteiger partial charge in [-0.25, -0.2) is 0 Å². The van der Waals surface area contributed by atoms with E-state index in [9.17, 15) is 0 Å². The lowest BCUT2D eigenvalue weighted by molar-refractivity contribution is -0.413. The van der Waals surface area contributed by atoms with Crippen molar-refractivity contribution in [1.82, 2.24) is 4.98 Å². The van der Waals surface area contributed by atoms with Crippen molar-refractivity contribution in [3.8, 4) is 5.75 Å². The molecule has 2 aromatic rings. The standard InChI is InChI=1S/C14H18N2O2/c1-9(15)4-10-6-16-14-3-2-11(5-13(10)14)17-7-12-8-18-12/h2-3,5-6,9,12,16H,4,7-8,15H2,1H3/p+1/t9-,12?/m1/s1. The van der Waals surface area contributed by atoms with Gasteiger partial charge in [-0.1, -0.05) is 0 Å². The molecule has 1 saturated heterocycles. The zero-order chi connectivity index (χ0) is 12.5. The molecular formula is C14H19N2O2+. The second-order valence-electron chi connectivity index (χ2n) is 5.10. The first-order valence-corrected chi connectivity index (χ1v) is 6.40. The number of benzene rings is 1. The SMILES string of the molecule is C[C@@H]([NH3+])Cc1c[nH]c2ccc(OCC3CO3)cc12. The Kier molecular flexibility index (Phi) is 2.97.